The van der Waals surface area contributed by atoms with Crippen molar-refractivity contribution >= 4 is 5.91 Å². The number of rotatable bonds is 3. The number of nitrogens with zero attached hydrogens (tertiary/aromatic N) is 4. The van der Waals surface area contributed by atoms with Crippen molar-refractivity contribution in [2.75, 3.05) is 13.1 Å². The standard InChI is InChI=1S/C21H22N4O2/c1-15-13-24(14-16(2)27-15)21(26)19-22-20(17-9-5-3-6-10-17)25(23-19)18-11-7-4-8-12-18/h3-12,15-16H,13-14H2,1-2H3. The van der Waals surface area contributed by atoms with Crippen LogP contribution in [-0.4, -0.2) is 50.9 Å². The van der Waals surface area contributed by atoms with Crippen LogP contribution in [0.3, 0.4) is 0 Å². The van der Waals surface area contributed by atoms with Gasteiger partial charge in [0.25, 0.3) is 5.91 Å². The number of hydrogen-bond acceptors (Lipinski definition) is 4. The van der Waals surface area contributed by atoms with Gasteiger partial charge in [-0.3, -0.25) is 4.79 Å². The van der Waals surface area contributed by atoms with Crippen LogP contribution >= 0.6 is 0 Å². The molecule has 2 atom stereocenters. The molecule has 0 aliphatic carbocycles. The Morgan fingerprint density at radius 3 is 2.19 bits per heavy atom. The first-order valence-electron chi connectivity index (χ1n) is 9.14. The minimum atomic E-state index is -0.163. The van der Waals surface area contributed by atoms with E-state index in [9.17, 15) is 4.79 Å². The van der Waals surface area contributed by atoms with E-state index in [1.54, 1.807) is 9.58 Å². The van der Waals surface area contributed by atoms with Gasteiger partial charge in [-0.25, -0.2) is 9.67 Å². The number of hydrogen-bond donors (Lipinski definition) is 0. The summed E-state index contributed by atoms with van der Waals surface area (Å²) in [6.45, 7) is 5.04. The second-order valence-corrected chi connectivity index (χ2v) is 6.84. The molecule has 0 bridgehead atoms. The number of carbonyl (C=O) groups excluding carboxylic acids is 1. The van der Waals surface area contributed by atoms with Crippen LogP contribution in [0.15, 0.2) is 60.7 Å². The van der Waals surface area contributed by atoms with Crippen molar-refractivity contribution in [3.8, 4) is 17.1 Å². The van der Waals surface area contributed by atoms with E-state index in [-0.39, 0.29) is 23.9 Å². The number of para-hydroxylation sites is 1. The maximum Gasteiger partial charge on any atom is 0.293 e. The van der Waals surface area contributed by atoms with Gasteiger partial charge in [0.15, 0.2) is 5.82 Å². The first-order chi connectivity index (χ1) is 13.1. The lowest BCUT2D eigenvalue weighted by molar-refractivity contribution is -0.0588. The largest absolute Gasteiger partial charge is 0.372 e. The lowest BCUT2D eigenvalue weighted by atomic mass is 10.2. The lowest BCUT2D eigenvalue weighted by Crippen LogP contribution is -2.48. The number of ether oxygens (including phenoxy) is 1. The maximum absolute atomic E-state index is 13.1. The molecule has 1 aliphatic heterocycles. The molecule has 6 heteroatoms. The first-order valence-corrected chi connectivity index (χ1v) is 9.14. The van der Waals surface area contributed by atoms with Crippen molar-refractivity contribution in [2.45, 2.75) is 26.1 Å². The highest BCUT2D eigenvalue weighted by molar-refractivity contribution is 5.91. The molecule has 1 saturated heterocycles. The predicted octanol–water partition coefficient (Wildman–Crippen LogP) is 3.18. The van der Waals surface area contributed by atoms with E-state index in [1.807, 2.05) is 74.5 Å². The van der Waals surface area contributed by atoms with Gasteiger partial charge in [0, 0.05) is 18.7 Å². The molecule has 2 unspecified atom stereocenters. The second kappa shape index (κ2) is 7.32. The van der Waals surface area contributed by atoms with Crippen LogP contribution in [0.4, 0.5) is 0 Å². The molecule has 0 saturated carbocycles. The molecule has 6 nitrogen and oxygen atoms in total. The summed E-state index contributed by atoms with van der Waals surface area (Å²) < 4.78 is 7.46. The molecule has 0 radical (unpaired) electrons. The summed E-state index contributed by atoms with van der Waals surface area (Å²) >= 11 is 0. The Kier molecular flexibility index (Phi) is 4.73. The molecule has 4 rings (SSSR count). The van der Waals surface area contributed by atoms with Crippen molar-refractivity contribution in [3.63, 3.8) is 0 Å². The normalized spacial score (nSPS) is 19.9. The fourth-order valence-corrected chi connectivity index (χ4v) is 3.41. The molecule has 1 aromatic heterocycles. The van der Waals surface area contributed by atoms with E-state index in [2.05, 4.69) is 10.1 Å². The Balaban J connectivity index is 1.74. The van der Waals surface area contributed by atoms with Crippen molar-refractivity contribution in [2.24, 2.45) is 0 Å². The topological polar surface area (TPSA) is 60.2 Å². The van der Waals surface area contributed by atoms with Crippen molar-refractivity contribution < 1.29 is 9.53 Å². The van der Waals surface area contributed by atoms with Gasteiger partial charge in [-0.05, 0) is 26.0 Å². The Morgan fingerprint density at radius 2 is 1.56 bits per heavy atom. The highest BCUT2D eigenvalue weighted by Crippen LogP contribution is 2.22. The van der Waals surface area contributed by atoms with Crippen molar-refractivity contribution in [1.82, 2.24) is 19.7 Å². The third-order valence-electron chi connectivity index (χ3n) is 4.54. The number of aromatic nitrogens is 3. The maximum atomic E-state index is 13.1. The zero-order valence-electron chi connectivity index (χ0n) is 15.4. The van der Waals surface area contributed by atoms with E-state index < -0.39 is 0 Å². The molecule has 2 aromatic carbocycles. The van der Waals surface area contributed by atoms with Gasteiger partial charge in [0.2, 0.25) is 5.82 Å². The minimum Gasteiger partial charge on any atom is -0.372 e. The summed E-state index contributed by atoms with van der Waals surface area (Å²) in [4.78, 5) is 19.4. The van der Waals surface area contributed by atoms with Crippen LogP contribution in [-0.2, 0) is 4.74 Å². The summed E-state index contributed by atoms with van der Waals surface area (Å²) in [5, 5.41) is 4.56. The predicted molar refractivity (Wildman–Crippen MR) is 103 cm³/mol. The Bertz CT molecular complexity index is 857. The summed E-state index contributed by atoms with van der Waals surface area (Å²) in [5.74, 6) is 0.697. The van der Waals surface area contributed by atoms with E-state index in [0.717, 1.165) is 11.3 Å². The second-order valence-electron chi connectivity index (χ2n) is 6.84. The van der Waals surface area contributed by atoms with Crippen molar-refractivity contribution in [3.05, 3.63) is 66.5 Å². The lowest BCUT2D eigenvalue weighted by Gasteiger charge is -2.34. The number of amides is 1. The average molecular weight is 362 g/mol. The molecule has 27 heavy (non-hydrogen) atoms. The molecular weight excluding hydrogens is 340 g/mol. The van der Waals surface area contributed by atoms with Gasteiger partial charge in [0.1, 0.15) is 0 Å². The minimum absolute atomic E-state index is 0.00232. The summed E-state index contributed by atoms with van der Waals surface area (Å²) in [6.07, 6.45) is 0.00463. The van der Waals surface area contributed by atoms with Crippen LogP contribution in [0.5, 0.6) is 0 Å². The fourth-order valence-electron chi connectivity index (χ4n) is 3.41. The Labute approximate surface area is 158 Å². The van der Waals surface area contributed by atoms with E-state index in [0.29, 0.717) is 18.9 Å². The summed E-state index contributed by atoms with van der Waals surface area (Å²) in [5.41, 5.74) is 1.78. The van der Waals surface area contributed by atoms with E-state index in [4.69, 9.17) is 4.74 Å². The third kappa shape index (κ3) is 3.61. The quantitative estimate of drug-likeness (QED) is 0.718. The van der Waals surface area contributed by atoms with E-state index in [1.165, 1.54) is 0 Å². The molecule has 3 aromatic rings. The number of benzene rings is 2. The van der Waals surface area contributed by atoms with Gasteiger partial charge in [-0.15, -0.1) is 5.10 Å². The summed E-state index contributed by atoms with van der Waals surface area (Å²) in [6, 6.07) is 19.5. The Morgan fingerprint density at radius 1 is 0.963 bits per heavy atom. The highest BCUT2D eigenvalue weighted by atomic mass is 16.5. The van der Waals surface area contributed by atoms with Crippen LogP contribution < -0.4 is 0 Å². The van der Waals surface area contributed by atoms with Gasteiger partial charge in [-0.1, -0.05) is 48.5 Å². The van der Waals surface area contributed by atoms with Gasteiger partial charge >= 0.3 is 0 Å². The SMILES string of the molecule is CC1CN(C(=O)c2nc(-c3ccccc3)n(-c3ccccc3)n2)CC(C)O1. The zero-order valence-corrected chi connectivity index (χ0v) is 15.4. The zero-order chi connectivity index (χ0) is 18.8. The molecule has 2 heterocycles. The Hall–Kier alpha value is -2.99. The molecule has 1 fully saturated rings. The number of morpholine rings is 1. The number of carbonyl (C=O) groups is 1. The van der Waals surface area contributed by atoms with Crippen LogP contribution in [0.1, 0.15) is 24.5 Å². The van der Waals surface area contributed by atoms with Crippen molar-refractivity contribution in [1.29, 1.82) is 0 Å². The van der Waals surface area contributed by atoms with Gasteiger partial charge < -0.3 is 9.64 Å². The van der Waals surface area contributed by atoms with Gasteiger partial charge in [-0.2, -0.15) is 0 Å². The molecule has 1 aliphatic rings. The third-order valence-corrected chi connectivity index (χ3v) is 4.54. The molecule has 138 valence electrons. The monoisotopic (exact) mass is 362 g/mol. The fraction of sp³-hybridized carbons (Fsp3) is 0.286. The van der Waals surface area contributed by atoms with Crippen LogP contribution in [0, 0.1) is 0 Å². The average Bonchev–Trinajstić information content (AvgIpc) is 3.13. The summed E-state index contributed by atoms with van der Waals surface area (Å²) in [7, 11) is 0. The smallest absolute Gasteiger partial charge is 0.293 e. The molecular formula is C21H22N4O2. The molecule has 0 N–H and O–H groups in total. The van der Waals surface area contributed by atoms with Crippen LogP contribution in [0.2, 0.25) is 0 Å². The van der Waals surface area contributed by atoms with E-state index >= 15 is 0 Å². The molecule has 1 amide bonds. The van der Waals surface area contributed by atoms with Gasteiger partial charge in [0.05, 0.1) is 17.9 Å². The first kappa shape index (κ1) is 17.4. The highest BCUT2D eigenvalue weighted by Gasteiger charge is 2.29. The van der Waals surface area contributed by atoms with Crippen LogP contribution in [0.25, 0.3) is 17.1 Å². The molecule has 0 spiro atoms.